The highest BCUT2D eigenvalue weighted by molar-refractivity contribution is 9.10. The number of carbonyl (C=O) groups excluding carboxylic acids is 2. The monoisotopic (exact) mass is 419 g/mol. The van der Waals surface area contributed by atoms with Gasteiger partial charge in [0.2, 0.25) is 18.6 Å². The van der Waals surface area contributed by atoms with E-state index in [1.54, 1.807) is 18.2 Å². The van der Waals surface area contributed by atoms with Crippen molar-refractivity contribution in [1.29, 1.82) is 0 Å². The van der Waals surface area contributed by atoms with Gasteiger partial charge in [-0.15, -0.1) is 0 Å². The summed E-state index contributed by atoms with van der Waals surface area (Å²) in [4.78, 5) is 40.7. The lowest BCUT2D eigenvalue weighted by atomic mass is 10.1. The van der Waals surface area contributed by atoms with Crippen LogP contribution in [-0.2, 0) is 9.59 Å². The second-order valence-electron chi connectivity index (χ2n) is 5.99. The van der Waals surface area contributed by atoms with Crippen LogP contribution in [-0.4, -0.2) is 30.1 Å². The van der Waals surface area contributed by atoms with Gasteiger partial charge < -0.3 is 24.7 Å². The Hall–Kier alpha value is -2.81. The fourth-order valence-corrected chi connectivity index (χ4v) is 3.31. The highest BCUT2D eigenvalue weighted by Gasteiger charge is 2.36. The molecule has 2 aliphatic rings. The van der Waals surface area contributed by atoms with Gasteiger partial charge in [-0.3, -0.25) is 14.4 Å². The summed E-state index contributed by atoms with van der Waals surface area (Å²) < 4.78 is 11.2. The molecule has 3 heterocycles. The molecule has 1 aromatic heterocycles. The Kier molecular flexibility index (Phi) is 4.15. The Labute approximate surface area is 156 Å². The molecular weight excluding hydrogens is 406 g/mol. The molecule has 2 aliphatic heterocycles. The molecule has 2 aromatic rings. The van der Waals surface area contributed by atoms with Crippen LogP contribution in [0.1, 0.15) is 6.42 Å². The van der Waals surface area contributed by atoms with Crippen LogP contribution in [0.5, 0.6) is 11.5 Å². The summed E-state index contributed by atoms with van der Waals surface area (Å²) in [6.07, 6.45) is 1.56. The molecule has 0 spiro atoms. The molecular formula is C17H14BrN3O5. The second-order valence-corrected chi connectivity index (χ2v) is 6.91. The highest BCUT2D eigenvalue weighted by atomic mass is 79.9. The summed E-state index contributed by atoms with van der Waals surface area (Å²) in [6.45, 7) is 0.384. The normalized spacial score (nSPS) is 18.3. The lowest BCUT2D eigenvalue weighted by Gasteiger charge is -2.17. The van der Waals surface area contributed by atoms with Gasteiger partial charge in [0.25, 0.3) is 5.56 Å². The topological polar surface area (TPSA) is 101 Å². The number of ether oxygens (including phenoxy) is 2. The first-order valence-corrected chi connectivity index (χ1v) is 8.69. The van der Waals surface area contributed by atoms with Gasteiger partial charge in [-0.2, -0.15) is 0 Å². The predicted molar refractivity (Wildman–Crippen MR) is 96.4 cm³/mol. The molecule has 1 atom stereocenters. The van der Waals surface area contributed by atoms with Crippen LogP contribution in [0.3, 0.4) is 0 Å². The van der Waals surface area contributed by atoms with E-state index in [2.05, 4.69) is 26.2 Å². The van der Waals surface area contributed by atoms with Crippen molar-refractivity contribution < 1.29 is 19.1 Å². The van der Waals surface area contributed by atoms with E-state index in [1.807, 2.05) is 0 Å². The van der Waals surface area contributed by atoms with Crippen LogP contribution >= 0.6 is 15.9 Å². The Balaban J connectivity index is 1.50. The molecule has 1 unspecified atom stereocenters. The number of halogens is 1. The van der Waals surface area contributed by atoms with Crippen LogP contribution in [0, 0.1) is 5.92 Å². The summed E-state index contributed by atoms with van der Waals surface area (Å²) in [5, 5.41) is 2.59. The standard InChI is InChI=1S/C17H14BrN3O5/c18-10-4-12(17(24)19-6-10)20-16(23)9-3-15(22)21(7-9)11-1-2-13-14(5-11)26-8-25-13/h1-2,4-6,9H,3,7-8H2,(H,19,24)(H,20,23). The molecule has 0 bridgehead atoms. The van der Waals surface area contributed by atoms with Crippen molar-refractivity contribution in [1.82, 2.24) is 4.98 Å². The van der Waals surface area contributed by atoms with E-state index >= 15 is 0 Å². The second kappa shape index (κ2) is 6.49. The van der Waals surface area contributed by atoms with Crippen molar-refractivity contribution in [2.45, 2.75) is 6.42 Å². The van der Waals surface area contributed by atoms with Crippen LogP contribution in [0.4, 0.5) is 11.4 Å². The van der Waals surface area contributed by atoms with Crippen LogP contribution in [0.25, 0.3) is 0 Å². The zero-order valence-corrected chi connectivity index (χ0v) is 15.0. The number of nitrogens with zero attached hydrogens (tertiary/aromatic N) is 1. The van der Waals surface area contributed by atoms with Gasteiger partial charge in [-0.25, -0.2) is 0 Å². The maximum absolute atomic E-state index is 12.5. The molecule has 1 saturated heterocycles. The Morgan fingerprint density at radius 3 is 2.88 bits per heavy atom. The molecule has 4 rings (SSSR count). The van der Waals surface area contributed by atoms with Crippen molar-refractivity contribution in [2.24, 2.45) is 5.92 Å². The third-order valence-electron chi connectivity index (χ3n) is 4.29. The van der Waals surface area contributed by atoms with E-state index in [-0.39, 0.29) is 37.3 Å². The van der Waals surface area contributed by atoms with E-state index in [0.29, 0.717) is 21.7 Å². The number of carbonyl (C=O) groups is 2. The highest BCUT2D eigenvalue weighted by Crippen LogP contribution is 2.37. The lowest BCUT2D eigenvalue weighted by Crippen LogP contribution is -2.29. The minimum atomic E-state index is -0.550. The Morgan fingerprint density at radius 1 is 1.23 bits per heavy atom. The minimum Gasteiger partial charge on any atom is -0.454 e. The largest absolute Gasteiger partial charge is 0.454 e. The summed E-state index contributed by atoms with van der Waals surface area (Å²) >= 11 is 3.24. The first-order chi connectivity index (χ1) is 12.5. The maximum Gasteiger partial charge on any atom is 0.271 e. The average Bonchev–Trinajstić information content (AvgIpc) is 3.23. The van der Waals surface area contributed by atoms with E-state index < -0.39 is 11.5 Å². The molecule has 0 radical (unpaired) electrons. The number of hydrogen-bond acceptors (Lipinski definition) is 5. The average molecular weight is 420 g/mol. The van der Waals surface area contributed by atoms with Crippen molar-refractivity contribution in [3.63, 3.8) is 0 Å². The summed E-state index contributed by atoms with van der Waals surface area (Å²) in [7, 11) is 0. The smallest absolute Gasteiger partial charge is 0.271 e. The number of aromatic amines is 1. The number of aromatic nitrogens is 1. The van der Waals surface area contributed by atoms with Crippen molar-refractivity contribution >= 4 is 39.1 Å². The molecule has 26 heavy (non-hydrogen) atoms. The van der Waals surface area contributed by atoms with E-state index in [9.17, 15) is 14.4 Å². The first-order valence-electron chi connectivity index (χ1n) is 7.90. The molecule has 0 aliphatic carbocycles. The molecule has 134 valence electrons. The fraction of sp³-hybridized carbons (Fsp3) is 0.235. The number of benzene rings is 1. The number of pyridine rings is 1. The Bertz CT molecular complexity index is 958. The number of anilines is 2. The minimum absolute atomic E-state index is 0.0756. The molecule has 2 amide bonds. The van der Waals surface area contributed by atoms with Gasteiger partial charge in [0.1, 0.15) is 5.69 Å². The Morgan fingerprint density at radius 2 is 2.04 bits per heavy atom. The first kappa shape index (κ1) is 16.6. The number of nitrogens with one attached hydrogen (secondary N) is 2. The van der Waals surface area contributed by atoms with Crippen molar-refractivity contribution in [2.75, 3.05) is 23.6 Å². The van der Waals surface area contributed by atoms with E-state index in [4.69, 9.17) is 9.47 Å². The molecule has 8 nitrogen and oxygen atoms in total. The van der Waals surface area contributed by atoms with Crippen LogP contribution < -0.4 is 25.2 Å². The quantitative estimate of drug-likeness (QED) is 0.790. The van der Waals surface area contributed by atoms with Crippen molar-refractivity contribution in [3.8, 4) is 11.5 Å². The van der Waals surface area contributed by atoms with Crippen LogP contribution in [0.15, 0.2) is 39.7 Å². The number of rotatable bonds is 3. The van der Waals surface area contributed by atoms with Gasteiger partial charge in [-0.1, -0.05) is 0 Å². The van der Waals surface area contributed by atoms with Crippen LogP contribution in [0.2, 0.25) is 0 Å². The van der Waals surface area contributed by atoms with Crippen molar-refractivity contribution in [3.05, 3.63) is 45.3 Å². The molecule has 9 heteroatoms. The summed E-state index contributed by atoms with van der Waals surface area (Å²) in [5.74, 6) is 0.121. The van der Waals surface area contributed by atoms with Gasteiger partial charge in [-0.05, 0) is 34.1 Å². The summed E-state index contributed by atoms with van der Waals surface area (Å²) in [6, 6.07) is 6.73. The van der Waals surface area contributed by atoms with Gasteiger partial charge in [0.05, 0.1) is 5.92 Å². The fourth-order valence-electron chi connectivity index (χ4n) is 2.97. The lowest BCUT2D eigenvalue weighted by molar-refractivity contribution is -0.122. The zero-order chi connectivity index (χ0) is 18.3. The molecule has 2 N–H and O–H groups in total. The third kappa shape index (κ3) is 3.05. The van der Waals surface area contributed by atoms with E-state index in [0.717, 1.165) is 0 Å². The van der Waals surface area contributed by atoms with Gasteiger partial charge >= 0.3 is 0 Å². The maximum atomic E-state index is 12.5. The number of hydrogen-bond donors (Lipinski definition) is 2. The SMILES string of the molecule is O=C(Nc1cc(Br)c[nH]c1=O)C1CC(=O)N(c2ccc3c(c2)OCO3)C1. The number of fused-ring (bicyclic) bond motifs is 1. The zero-order valence-electron chi connectivity index (χ0n) is 13.5. The predicted octanol–water partition coefficient (Wildman–Crippen LogP) is 1.86. The number of amides is 2. The van der Waals surface area contributed by atoms with Gasteiger partial charge in [0.15, 0.2) is 11.5 Å². The molecule has 1 fully saturated rings. The molecule has 1 aromatic carbocycles. The summed E-state index contributed by atoms with van der Waals surface area (Å²) in [5.41, 5.74) is 0.381. The van der Waals surface area contributed by atoms with Gasteiger partial charge in [0, 0.05) is 35.4 Å². The number of H-pyrrole nitrogens is 1. The molecule has 0 saturated carbocycles. The third-order valence-corrected chi connectivity index (χ3v) is 4.75. The van der Waals surface area contributed by atoms with E-state index in [1.165, 1.54) is 17.2 Å².